The average Bonchev–Trinajstić information content (AvgIpc) is 3.19. The highest BCUT2D eigenvalue weighted by molar-refractivity contribution is 7.84. The van der Waals surface area contributed by atoms with Gasteiger partial charge in [-0.25, -0.2) is 9.97 Å². The molecule has 1 atom stereocenters. The highest BCUT2D eigenvalue weighted by Gasteiger charge is 2.19. The SMILES string of the molecule is CC(C)c1cc(NC(=O)C(=O)NCC[S@](=O)Cc2ccccc2)n(-c2ncccn2)n1. The Kier molecular flexibility index (Phi) is 7.60. The molecule has 0 unspecified atom stereocenters. The van der Waals surface area contributed by atoms with E-state index in [-0.39, 0.29) is 24.2 Å². The molecule has 0 spiro atoms. The van der Waals surface area contributed by atoms with Crippen LogP contribution in [0, 0.1) is 0 Å². The minimum atomic E-state index is -1.15. The Morgan fingerprint density at radius 3 is 2.45 bits per heavy atom. The molecule has 2 aromatic heterocycles. The van der Waals surface area contributed by atoms with Gasteiger partial charge in [0.15, 0.2) is 0 Å². The first-order chi connectivity index (χ1) is 14.9. The Balaban J connectivity index is 1.57. The first kappa shape index (κ1) is 22.3. The predicted molar refractivity (Wildman–Crippen MR) is 118 cm³/mol. The summed E-state index contributed by atoms with van der Waals surface area (Å²) < 4.78 is 13.5. The Hall–Kier alpha value is -3.40. The van der Waals surface area contributed by atoms with Crippen LogP contribution in [0.3, 0.4) is 0 Å². The highest BCUT2D eigenvalue weighted by atomic mass is 32.2. The van der Waals surface area contributed by atoms with Gasteiger partial charge in [0.2, 0.25) is 0 Å². The molecule has 0 bridgehead atoms. The minimum absolute atomic E-state index is 0.106. The van der Waals surface area contributed by atoms with Crippen LogP contribution in [0.25, 0.3) is 5.95 Å². The summed E-state index contributed by atoms with van der Waals surface area (Å²) in [6.45, 7) is 4.06. The van der Waals surface area contributed by atoms with Crippen LogP contribution in [-0.2, 0) is 26.1 Å². The number of rotatable bonds is 8. The average molecular weight is 441 g/mol. The van der Waals surface area contributed by atoms with Crippen molar-refractivity contribution in [2.45, 2.75) is 25.5 Å². The molecule has 0 aliphatic heterocycles. The van der Waals surface area contributed by atoms with Crippen LogP contribution in [0.15, 0.2) is 54.9 Å². The van der Waals surface area contributed by atoms with E-state index in [1.165, 1.54) is 4.68 Å². The molecule has 3 aromatic rings. The zero-order chi connectivity index (χ0) is 22.2. The molecule has 2 N–H and O–H groups in total. The molecule has 0 saturated heterocycles. The molecule has 9 nitrogen and oxygen atoms in total. The summed E-state index contributed by atoms with van der Waals surface area (Å²) in [7, 11) is -1.15. The monoisotopic (exact) mass is 440 g/mol. The van der Waals surface area contributed by atoms with Crippen LogP contribution >= 0.6 is 0 Å². The van der Waals surface area contributed by atoms with Gasteiger partial charge >= 0.3 is 11.8 Å². The number of carbonyl (C=O) groups is 2. The summed E-state index contributed by atoms with van der Waals surface area (Å²) in [4.78, 5) is 32.8. The van der Waals surface area contributed by atoms with E-state index in [0.717, 1.165) is 11.3 Å². The van der Waals surface area contributed by atoms with E-state index < -0.39 is 22.6 Å². The topological polar surface area (TPSA) is 119 Å². The van der Waals surface area contributed by atoms with Gasteiger partial charge in [-0.3, -0.25) is 13.8 Å². The van der Waals surface area contributed by atoms with Gasteiger partial charge in [-0.2, -0.15) is 9.78 Å². The fourth-order valence-electron chi connectivity index (χ4n) is 2.69. The molecule has 0 aliphatic rings. The lowest BCUT2D eigenvalue weighted by Crippen LogP contribution is -2.37. The van der Waals surface area contributed by atoms with E-state index in [1.807, 2.05) is 44.2 Å². The molecule has 162 valence electrons. The second-order valence-corrected chi connectivity index (χ2v) is 8.63. The van der Waals surface area contributed by atoms with E-state index in [0.29, 0.717) is 11.6 Å². The molecule has 0 saturated carbocycles. The smallest absolute Gasteiger partial charge is 0.314 e. The van der Waals surface area contributed by atoms with Crippen molar-refractivity contribution in [3.05, 3.63) is 66.1 Å². The van der Waals surface area contributed by atoms with Crippen molar-refractivity contribution in [2.24, 2.45) is 0 Å². The maximum atomic E-state index is 12.4. The van der Waals surface area contributed by atoms with Gasteiger partial charge in [-0.15, -0.1) is 0 Å². The van der Waals surface area contributed by atoms with E-state index in [2.05, 4.69) is 25.7 Å². The number of nitrogens with zero attached hydrogens (tertiary/aromatic N) is 4. The zero-order valence-electron chi connectivity index (χ0n) is 17.3. The molecule has 0 aliphatic carbocycles. The van der Waals surface area contributed by atoms with Crippen molar-refractivity contribution in [2.75, 3.05) is 17.6 Å². The van der Waals surface area contributed by atoms with Gasteiger partial charge in [0.25, 0.3) is 5.95 Å². The molecule has 0 fully saturated rings. The van der Waals surface area contributed by atoms with Crippen molar-refractivity contribution in [3.63, 3.8) is 0 Å². The van der Waals surface area contributed by atoms with Gasteiger partial charge in [0, 0.05) is 47.3 Å². The fourth-order valence-corrected chi connectivity index (χ4v) is 3.73. The van der Waals surface area contributed by atoms with Crippen LogP contribution in [0.5, 0.6) is 0 Å². The Morgan fingerprint density at radius 1 is 1.06 bits per heavy atom. The predicted octanol–water partition coefficient (Wildman–Crippen LogP) is 1.79. The first-order valence-electron chi connectivity index (χ1n) is 9.79. The zero-order valence-corrected chi connectivity index (χ0v) is 18.1. The summed E-state index contributed by atoms with van der Waals surface area (Å²) in [6.07, 6.45) is 3.12. The summed E-state index contributed by atoms with van der Waals surface area (Å²) in [6, 6.07) is 12.8. The molecule has 2 amide bonds. The Morgan fingerprint density at radius 2 is 1.77 bits per heavy atom. The molecule has 2 heterocycles. The molecule has 31 heavy (non-hydrogen) atoms. The largest absolute Gasteiger partial charge is 0.347 e. The first-order valence-corrected chi connectivity index (χ1v) is 11.3. The van der Waals surface area contributed by atoms with Crippen LogP contribution in [0.2, 0.25) is 0 Å². The summed E-state index contributed by atoms with van der Waals surface area (Å²) in [5.74, 6) is -0.331. The van der Waals surface area contributed by atoms with Crippen molar-refractivity contribution in [1.29, 1.82) is 0 Å². The molecular formula is C21H24N6O3S. The number of nitrogens with one attached hydrogen (secondary N) is 2. The van der Waals surface area contributed by atoms with Gasteiger partial charge < -0.3 is 10.6 Å². The van der Waals surface area contributed by atoms with Crippen molar-refractivity contribution < 1.29 is 13.8 Å². The molecule has 0 radical (unpaired) electrons. The number of hydrogen-bond donors (Lipinski definition) is 2. The number of hydrogen-bond acceptors (Lipinski definition) is 6. The lowest BCUT2D eigenvalue weighted by Gasteiger charge is -2.08. The second-order valence-electron chi connectivity index (χ2n) is 7.05. The van der Waals surface area contributed by atoms with Crippen LogP contribution < -0.4 is 10.6 Å². The number of amides is 2. The molecule has 3 rings (SSSR count). The van der Waals surface area contributed by atoms with Crippen molar-refractivity contribution in [1.82, 2.24) is 25.1 Å². The van der Waals surface area contributed by atoms with Crippen LogP contribution in [0.4, 0.5) is 5.82 Å². The highest BCUT2D eigenvalue weighted by Crippen LogP contribution is 2.20. The fraction of sp³-hybridized carbons (Fsp3) is 0.286. The van der Waals surface area contributed by atoms with Crippen molar-refractivity contribution in [3.8, 4) is 5.95 Å². The van der Waals surface area contributed by atoms with E-state index in [1.54, 1.807) is 24.5 Å². The van der Waals surface area contributed by atoms with E-state index in [9.17, 15) is 13.8 Å². The Labute approximate surface area is 182 Å². The number of benzene rings is 1. The van der Waals surface area contributed by atoms with E-state index in [4.69, 9.17) is 0 Å². The molecular weight excluding hydrogens is 416 g/mol. The maximum Gasteiger partial charge on any atom is 0.314 e. The third kappa shape index (κ3) is 6.29. The third-order valence-corrected chi connectivity index (χ3v) is 5.61. The van der Waals surface area contributed by atoms with Crippen LogP contribution in [0.1, 0.15) is 31.0 Å². The lowest BCUT2D eigenvalue weighted by molar-refractivity contribution is -0.136. The number of anilines is 1. The van der Waals surface area contributed by atoms with Gasteiger partial charge in [-0.05, 0) is 17.5 Å². The van der Waals surface area contributed by atoms with E-state index >= 15 is 0 Å². The summed E-state index contributed by atoms with van der Waals surface area (Å²) in [5, 5.41) is 9.48. The molecule has 10 heteroatoms. The lowest BCUT2D eigenvalue weighted by atomic mass is 10.1. The number of aromatic nitrogens is 4. The Bertz CT molecular complexity index is 1050. The van der Waals surface area contributed by atoms with Crippen LogP contribution in [-0.4, -0.2) is 48.1 Å². The van der Waals surface area contributed by atoms with Crippen molar-refractivity contribution >= 4 is 28.4 Å². The normalized spacial score (nSPS) is 11.8. The van der Waals surface area contributed by atoms with Gasteiger partial charge in [0.05, 0.1) is 5.69 Å². The quantitative estimate of drug-likeness (QED) is 0.516. The summed E-state index contributed by atoms with van der Waals surface area (Å²) in [5.41, 5.74) is 1.68. The standard InChI is InChI=1S/C21H24N6O3S/c1-15(2)17-13-18(27(26-17)21-23-9-6-10-24-21)25-20(29)19(28)22-11-12-31(30)14-16-7-4-3-5-8-16/h3-10,13,15H,11-12,14H2,1-2H3,(H,22,28)(H,25,29)/t31-/m0/s1. The minimum Gasteiger partial charge on any atom is -0.347 e. The second kappa shape index (κ2) is 10.6. The summed E-state index contributed by atoms with van der Waals surface area (Å²) >= 11 is 0. The van der Waals surface area contributed by atoms with Gasteiger partial charge in [0.1, 0.15) is 5.82 Å². The molecule has 1 aromatic carbocycles. The third-order valence-electron chi connectivity index (χ3n) is 4.29. The van der Waals surface area contributed by atoms with Gasteiger partial charge in [-0.1, -0.05) is 44.2 Å². The number of carbonyl (C=O) groups excluding carboxylic acids is 2. The maximum absolute atomic E-state index is 12.4.